The van der Waals surface area contributed by atoms with Crippen LogP contribution in [0.1, 0.15) is 32.1 Å². The van der Waals surface area contributed by atoms with E-state index in [9.17, 15) is 4.79 Å². The quantitative estimate of drug-likeness (QED) is 0.754. The normalized spacial score (nSPS) is 20.1. The van der Waals surface area contributed by atoms with Crippen LogP contribution in [0.4, 0.5) is 11.5 Å². The highest BCUT2D eigenvalue weighted by molar-refractivity contribution is 5.94. The van der Waals surface area contributed by atoms with Crippen LogP contribution in [-0.4, -0.2) is 61.6 Å². The Labute approximate surface area is 181 Å². The van der Waals surface area contributed by atoms with E-state index in [-0.39, 0.29) is 49.2 Å². The topological polar surface area (TPSA) is 60.5 Å². The summed E-state index contributed by atoms with van der Waals surface area (Å²) in [6.07, 6.45) is 7.41. The number of halogens is 3. The van der Waals surface area contributed by atoms with Crippen molar-refractivity contribution in [1.29, 1.82) is 0 Å². The predicted octanol–water partition coefficient (Wildman–Crippen LogP) is 2.96. The summed E-state index contributed by atoms with van der Waals surface area (Å²) >= 11 is 0. The monoisotopic (exact) mass is 439 g/mol. The van der Waals surface area contributed by atoms with Gasteiger partial charge in [-0.25, -0.2) is 4.98 Å². The molecule has 2 N–H and O–H groups in total. The fourth-order valence-electron chi connectivity index (χ4n) is 3.58. The molecular formula is C18H32Cl3N5O. The Morgan fingerprint density at radius 2 is 1.85 bits per heavy atom. The molecule has 1 aromatic heterocycles. The van der Waals surface area contributed by atoms with E-state index in [1.54, 1.807) is 0 Å². The molecule has 27 heavy (non-hydrogen) atoms. The van der Waals surface area contributed by atoms with Crippen molar-refractivity contribution < 1.29 is 4.79 Å². The zero-order valence-corrected chi connectivity index (χ0v) is 18.5. The second-order valence-corrected chi connectivity index (χ2v) is 7.08. The number of nitrogens with zero attached hydrogens (tertiary/aromatic N) is 3. The Morgan fingerprint density at radius 3 is 2.37 bits per heavy atom. The number of carbonyl (C=O) groups excluding carboxylic acids is 1. The molecule has 2 aliphatic rings. The molecule has 0 bridgehead atoms. The lowest BCUT2D eigenvalue weighted by molar-refractivity contribution is -0.118. The van der Waals surface area contributed by atoms with Crippen LogP contribution in [0.15, 0.2) is 18.3 Å². The number of amides is 1. The van der Waals surface area contributed by atoms with Gasteiger partial charge in [-0.2, -0.15) is 0 Å². The molecule has 0 spiro atoms. The van der Waals surface area contributed by atoms with E-state index >= 15 is 0 Å². The summed E-state index contributed by atoms with van der Waals surface area (Å²) in [5.74, 6) is 0.668. The van der Waals surface area contributed by atoms with Crippen LogP contribution in [0.2, 0.25) is 0 Å². The molecule has 1 aromatic rings. The molecule has 1 atom stereocenters. The minimum atomic E-state index is -0.0784. The molecule has 0 saturated carbocycles. The van der Waals surface area contributed by atoms with Crippen molar-refractivity contribution in [2.75, 3.05) is 43.9 Å². The van der Waals surface area contributed by atoms with Crippen LogP contribution in [0.5, 0.6) is 0 Å². The number of nitrogens with one attached hydrogen (secondary N) is 2. The van der Waals surface area contributed by atoms with Gasteiger partial charge in [0.25, 0.3) is 0 Å². The Balaban J connectivity index is 0.00000225. The zero-order valence-electron chi connectivity index (χ0n) is 16.0. The number of rotatable bonds is 4. The summed E-state index contributed by atoms with van der Waals surface area (Å²) in [6.45, 7) is 3.04. The van der Waals surface area contributed by atoms with Crippen molar-refractivity contribution in [3.8, 4) is 0 Å². The summed E-state index contributed by atoms with van der Waals surface area (Å²) in [5, 5.41) is 6.19. The average molecular weight is 441 g/mol. The maximum Gasteiger partial charge on any atom is 0.242 e. The Kier molecular flexibility index (Phi) is 12.3. The number of aromatic nitrogens is 1. The first-order chi connectivity index (χ1) is 11.6. The standard InChI is InChI=1S/C18H29N5O.3ClH/c1-22(2)14-8-11-23(12-9-14)15-6-7-17(20-13-15)21-18(24)16-5-3-4-10-19-16;;;/h6-7,13-14,16,19H,3-5,8-12H2,1-2H3,(H,20,21,24);3*1H/t16-;;;/m1.../s1. The lowest BCUT2D eigenvalue weighted by Crippen LogP contribution is -2.43. The van der Waals surface area contributed by atoms with Crippen LogP contribution < -0.4 is 15.5 Å². The van der Waals surface area contributed by atoms with Crippen molar-refractivity contribution in [1.82, 2.24) is 15.2 Å². The van der Waals surface area contributed by atoms with Crippen molar-refractivity contribution in [2.24, 2.45) is 0 Å². The maximum absolute atomic E-state index is 12.2. The number of anilines is 2. The molecule has 0 radical (unpaired) electrons. The summed E-state index contributed by atoms with van der Waals surface area (Å²) in [6, 6.07) is 4.57. The third kappa shape index (κ3) is 7.27. The summed E-state index contributed by atoms with van der Waals surface area (Å²) in [4.78, 5) is 21.3. The number of piperidine rings is 2. The molecule has 156 valence electrons. The lowest BCUT2D eigenvalue weighted by Gasteiger charge is -2.36. The zero-order chi connectivity index (χ0) is 16.9. The molecule has 2 saturated heterocycles. The van der Waals surface area contributed by atoms with Crippen LogP contribution in [0, 0.1) is 0 Å². The molecule has 2 aliphatic heterocycles. The predicted molar refractivity (Wildman–Crippen MR) is 119 cm³/mol. The van der Waals surface area contributed by atoms with Gasteiger partial charge >= 0.3 is 0 Å². The van der Waals surface area contributed by atoms with Gasteiger partial charge in [-0.05, 0) is 58.5 Å². The van der Waals surface area contributed by atoms with Crippen LogP contribution in [0.25, 0.3) is 0 Å². The minimum absolute atomic E-state index is 0. The van der Waals surface area contributed by atoms with Crippen LogP contribution in [0.3, 0.4) is 0 Å². The number of pyridine rings is 1. The first-order valence-electron chi connectivity index (χ1n) is 9.05. The van der Waals surface area contributed by atoms with E-state index in [0.29, 0.717) is 11.9 Å². The van der Waals surface area contributed by atoms with Crippen LogP contribution >= 0.6 is 37.2 Å². The Hall–Kier alpha value is -0.790. The van der Waals surface area contributed by atoms with E-state index < -0.39 is 0 Å². The molecule has 2 fully saturated rings. The largest absolute Gasteiger partial charge is 0.370 e. The summed E-state index contributed by atoms with van der Waals surface area (Å²) in [7, 11) is 4.31. The third-order valence-electron chi connectivity index (χ3n) is 5.19. The second-order valence-electron chi connectivity index (χ2n) is 7.08. The highest BCUT2D eigenvalue weighted by Crippen LogP contribution is 2.22. The van der Waals surface area contributed by atoms with Gasteiger partial charge < -0.3 is 20.4 Å². The van der Waals surface area contributed by atoms with E-state index in [4.69, 9.17) is 0 Å². The van der Waals surface area contributed by atoms with Gasteiger partial charge in [0.1, 0.15) is 5.82 Å². The Morgan fingerprint density at radius 1 is 1.15 bits per heavy atom. The van der Waals surface area contributed by atoms with Gasteiger partial charge in [-0.3, -0.25) is 4.79 Å². The maximum atomic E-state index is 12.2. The van der Waals surface area contributed by atoms with E-state index in [2.05, 4.69) is 45.6 Å². The van der Waals surface area contributed by atoms with E-state index in [1.807, 2.05) is 12.3 Å². The number of carbonyl (C=O) groups is 1. The van der Waals surface area contributed by atoms with E-state index in [0.717, 1.165) is 44.6 Å². The molecule has 3 rings (SSSR count). The molecule has 9 heteroatoms. The minimum Gasteiger partial charge on any atom is -0.370 e. The van der Waals surface area contributed by atoms with Crippen molar-refractivity contribution in [2.45, 2.75) is 44.2 Å². The number of hydrogen-bond acceptors (Lipinski definition) is 5. The lowest BCUT2D eigenvalue weighted by atomic mass is 10.0. The molecule has 0 aromatic carbocycles. The highest BCUT2D eigenvalue weighted by atomic mass is 35.5. The third-order valence-corrected chi connectivity index (χ3v) is 5.19. The van der Waals surface area contributed by atoms with Gasteiger partial charge in [0.15, 0.2) is 0 Å². The smallest absolute Gasteiger partial charge is 0.242 e. The molecule has 0 unspecified atom stereocenters. The average Bonchev–Trinajstić information content (AvgIpc) is 2.63. The molecule has 1 amide bonds. The first-order valence-corrected chi connectivity index (χ1v) is 9.05. The first kappa shape index (κ1) is 26.2. The SMILES string of the molecule is CN(C)C1CCN(c2ccc(NC(=O)[C@H]3CCCCN3)nc2)CC1.Cl.Cl.Cl. The Bertz CT molecular complexity index is 544. The fourth-order valence-corrected chi connectivity index (χ4v) is 3.58. The van der Waals surface area contributed by atoms with E-state index in [1.165, 1.54) is 12.8 Å². The van der Waals surface area contributed by atoms with Gasteiger partial charge in [0.05, 0.1) is 17.9 Å². The van der Waals surface area contributed by atoms with Gasteiger partial charge in [0, 0.05) is 19.1 Å². The van der Waals surface area contributed by atoms with Gasteiger partial charge in [-0.15, -0.1) is 37.2 Å². The van der Waals surface area contributed by atoms with Gasteiger partial charge in [0.2, 0.25) is 5.91 Å². The van der Waals surface area contributed by atoms with Crippen molar-refractivity contribution in [3.63, 3.8) is 0 Å². The summed E-state index contributed by atoms with van der Waals surface area (Å²) in [5.41, 5.74) is 1.14. The molecule has 0 aliphatic carbocycles. The van der Waals surface area contributed by atoms with Crippen molar-refractivity contribution >= 4 is 54.6 Å². The second kappa shape index (κ2) is 12.6. The van der Waals surface area contributed by atoms with Gasteiger partial charge in [-0.1, -0.05) is 6.42 Å². The van der Waals surface area contributed by atoms with Crippen LogP contribution in [-0.2, 0) is 4.79 Å². The van der Waals surface area contributed by atoms with Crippen molar-refractivity contribution in [3.05, 3.63) is 18.3 Å². The summed E-state index contributed by atoms with van der Waals surface area (Å²) < 4.78 is 0. The highest BCUT2D eigenvalue weighted by Gasteiger charge is 2.22. The molecule has 3 heterocycles. The fraction of sp³-hybridized carbons (Fsp3) is 0.667. The molecular weight excluding hydrogens is 409 g/mol. The molecule has 6 nitrogen and oxygen atoms in total. The number of hydrogen-bond donors (Lipinski definition) is 2.